The number of carbonyl (C=O) groups is 2. The van der Waals surface area contributed by atoms with E-state index in [1.54, 1.807) is 54.4 Å². The van der Waals surface area contributed by atoms with Gasteiger partial charge in [0.05, 0.1) is 16.5 Å². The molecule has 0 N–H and O–H groups in total. The Morgan fingerprint density at radius 2 is 1.38 bits per heavy atom. The molecule has 0 fully saturated rings. The Labute approximate surface area is 234 Å². The number of anilines is 1. The summed E-state index contributed by atoms with van der Waals surface area (Å²) in [5.41, 5.74) is 2.91. The van der Waals surface area contributed by atoms with Gasteiger partial charge in [-0.2, -0.15) is 0 Å². The summed E-state index contributed by atoms with van der Waals surface area (Å²) in [6, 6.07) is 30.1. The minimum atomic E-state index is -4.34. The Hall–Kier alpha value is -4.49. The molecule has 4 aromatic rings. The van der Waals surface area contributed by atoms with Crippen molar-refractivity contribution < 1.29 is 18.0 Å². The molecular weight excluding hydrogens is 520 g/mol. The van der Waals surface area contributed by atoms with Crippen LogP contribution in [0.4, 0.5) is 5.69 Å². The lowest BCUT2D eigenvalue weighted by Crippen LogP contribution is -2.54. The van der Waals surface area contributed by atoms with Crippen LogP contribution in [0.3, 0.4) is 0 Å². The predicted octanol–water partition coefficient (Wildman–Crippen LogP) is 5.57. The fraction of sp³-hybridized carbons (Fsp3) is 0.152. The van der Waals surface area contributed by atoms with Crippen LogP contribution in [-0.2, 0) is 25.0 Å². The zero-order chi connectivity index (χ0) is 28.2. The summed E-state index contributed by atoms with van der Waals surface area (Å²) in [6.45, 7) is 3.75. The lowest BCUT2D eigenvalue weighted by Gasteiger charge is -2.42. The molecule has 2 atom stereocenters. The number of nitrogens with zero attached hydrogens (tertiary/aromatic N) is 2. The maximum atomic E-state index is 14.9. The number of amides is 2. The highest BCUT2D eigenvalue weighted by molar-refractivity contribution is 7.90. The van der Waals surface area contributed by atoms with Gasteiger partial charge in [-0.25, -0.2) is 12.7 Å². The van der Waals surface area contributed by atoms with Crippen molar-refractivity contribution in [1.82, 2.24) is 4.31 Å². The van der Waals surface area contributed by atoms with Gasteiger partial charge < -0.3 is 4.90 Å². The van der Waals surface area contributed by atoms with Crippen LogP contribution in [0.5, 0.6) is 0 Å². The van der Waals surface area contributed by atoms with Gasteiger partial charge in [0.15, 0.2) is 0 Å². The Morgan fingerprint density at radius 1 is 0.750 bits per heavy atom. The quantitative estimate of drug-likeness (QED) is 0.334. The number of carbonyl (C=O) groups excluding carboxylic acids is 2. The summed E-state index contributed by atoms with van der Waals surface area (Å²) in [5.74, 6) is -2.06. The second kappa shape index (κ2) is 9.31. The highest BCUT2D eigenvalue weighted by Crippen LogP contribution is 2.56. The number of aryl methyl sites for hydroxylation is 2. The third kappa shape index (κ3) is 3.65. The van der Waals surface area contributed by atoms with Crippen molar-refractivity contribution in [2.75, 3.05) is 11.9 Å². The van der Waals surface area contributed by atoms with Gasteiger partial charge in [0.1, 0.15) is 5.41 Å². The number of likely N-dealkylation sites (N-methyl/N-ethyl adjacent to an activating group) is 1. The molecule has 0 aliphatic carbocycles. The van der Waals surface area contributed by atoms with Gasteiger partial charge in [0.2, 0.25) is 11.8 Å². The van der Waals surface area contributed by atoms with Crippen molar-refractivity contribution in [3.05, 3.63) is 137 Å². The minimum absolute atomic E-state index is 0.00281. The molecule has 2 amide bonds. The maximum absolute atomic E-state index is 14.9. The van der Waals surface area contributed by atoms with E-state index >= 15 is 0 Å². The van der Waals surface area contributed by atoms with Crippen molar-refractivity contribution in [2.24, 2.45) is 0 Å². The summed E-state index contributed by atoms with van der Waals surface area (Å²) in [5, 5.41) is 0. The van der Waals surface area contributed by atoms with E-state index in [1.807, 2.05) is 68.4 Å². The number of para-hydroxylation sites is 1. The average Bonchev–Trinajstić information content (AvgIpc) is 3.16. The molecule has 2 aliphatic heterocycles. The van der Waals surface area contributed by atoms with Crippen LogP contribution in [0.15, 0.2) is 114 Å². The summed E-state index contributed by atoms with van der Waals surface area (Å²) in [7, 11) is -2.65. The number of sulfonamides is 1. The summed E-state index contributed by atoms with van der Waals surface area (Å²) >= 11 is 0. The van der Waals surface area contributed by atoms with Gasteiger partial charge in [0.25, 0.3) is 10.0 Å². The van der Waals surface area contributed by atoms with E-state index in [-0.39, 0.29) is 16.5 Å². The standard InChI is InChI=1S/C33H28N2O4S/c1-22-17-19-25(20-18-22)40(38,39)35-29(24-12-5-4-6-13-24)21-33(27-15-9-10-16-28(27)34(3)32(33)37)30(31(35)36)26-14-8-7-11-23(26)2/h4-21,30H,1-3H3/t30-,33+/m1/s1. The largest absolute Gasteiger partial charge is 0.314 e. The predicted molar refractivity (Wildman–Crippen MR) is 155 cm³/mol. The van der Waals surface area contributed by atoms with Gasteiger partial charge >= 0.3 is 0 Å². The number of fused-ring (bicyclic) bond motifs is 2. The molecule has 2 aliphatic rings. The van der Waals surface area contributed by atoms with Crippen molar-refractivity contribution in [3.8, 4) is 0 Å². The third-order valence-electron chi connectivity index (χ3n) is 7.98. The summed E-state index contributed by atoms with van der Waals surface area (Å²) in [6.07, 6.45) is 1.71. The lowest BCUT2D eigenvalue weighted by molar-refractivity contribution is -0.133. The first-order valence-electron chi connectivity index (χ1n) is 13.1. The molecule has 0 radical (unpaired) electrons. The van der Waals surface area contributed by atoms with Gasteiger partial charge in [0, 0.05) is 12.7 Å². The number of hydrogen-bond donors (Lipinski definition) is 0. The first-order chi connectivity index (χ1) is 19.2. The van der Waals surface area contributed by atoms with E-state index in [0.29, 0.717) is 22.4 Å². The van der Waals surface area contributed by atoms with E-state index in [1.165, 1.54) is 12.1 Å². The number of hydrogen-bond acceptors (Lipinski definition) is 4. The lowest BCUT2D eigenvalue weighted by atomic mass is 9.64. The Kier molecular flexibility index (Phi) is 6.00. The SMILES string of the molecule is Cc1ccc(S(=O)(=O)N2C(=O)[C@@H](c3ccccc3C)[C@@]3(C=C2c2ccccc2)C(=O)N(C)c2ccccc23)cc1. The molecule has 0 saturated carbocycles. The molecule has 2 heterocycles. The maximum Gasteiger partial charge on any atom is 0.270 e. The van der Waals surface area contributed by atoms with Crippen LogP contribution in [0.25, 0.3) is 5.70 Å². The molecule has 40 heavy (non-hydrogen) atoms. The van der Waals surface area contributed by atoms with E-state index in [2.05, 4.69) is 0 Å². The molecule has 0 aromatic heterocycles. The average molecular weight is 549 g/mol. The van der Waals surface area contributed by atoms with Crippen LogP contribution >= 0.6 is 0 Å². The van der Waals surface area contributed by atoms with Gasteiger partial charge in [-0.1, -0.05) is 90.5 Å². The molecule has 4 aromatic carbocycles. The number of rotatable bonds is 4. The van der Waals surface area contributed by atoms with Crippen LogP contribution in [0.1, 0.15) is 33.7 Å². The fourth-order valence-corrected chi connectivity index (χ4v) is 7.44. The van der Waals surface area contributed by atoms with Gasteiger partial charge in [-0.05, 0) is 60.4 Å². The third-order valence-corrected chi connectivity index (χ3v) is 9.71. The first-order valence-corrected chi connectivity index (χ1v) is 14.5. The minimum Gasteiger partial charge on any atom is -0.314 e. The monoisotopic (exact) mass is 548 g/mol. The van der Waals surface area contributed by atoms with Crippen molar-refractivity contribution >= 4 is 33.2 Å². The molecule has 0 bridgehead atoms. The normalized spacial score (nSPS) is 20.6. The molecule has 1 spiro atoms. The Morgan fingerprint density at radius 3 is 2.08 bits per heavy atom. The van der Waals surface area contributed by atoms with Gasteiger partial charge in [-0.15, -0.1) is 0 Å². The van der Waals surface area contributed by atoms with E-state index in [9.17, 15) is 18.0 Å². The van der Waals surface area contributed by atoms with Crippen molar-refractivity contribution in [3.63, 3.8) is 0 Å². The molecule has 0 unspecified atom stereocenters. The second-order valence-corrected chi connectivity index (χ2v) is 12.1. The van der Waals surface area contributed by atoms with Crippen molar-refractivity contribution in [2.45, 2.75) is 30.1 Å². The second-order valence-electron chi connectivity index (χ2n) is 10.4. The first kappa shape index (κ1) is 25.8. The number of benzene rings is 4. The zero-order valence-corrected chi connectivity index (χ0v) is 23.2. The molecular formula is C33H28N2O4S. The zero-order valence-electron chi connectivity index (χ0n) is 22.4. The van der Waals surface area contributed by atoms with Crippen LogP contribution < -0.4 is 4.90 Å². The molecule has 200 valence electrons. The van der Waals surface area contributed by atoms with Crippen molar-refractivity contribution in [1.29, 1.82) is 0 Å². The summed E-state index contributed by atoms with van der Waals surface area (Å²) in [4.78, 5) is 30.9. The van der Waals surface area contributed by atoms with Crippen LogP contribution in [0.2, 0.25) is 0 Å². The highest BCUT2D eigenvalue weighted by atomic mass is 32.2. The van der Waals surface area contributed by atoms with Crippen LogP contribution in [-0.4, -0.2) is 31.6 Å². The summed E-state index contributed by atoms with van der Waals surface area (Å²) < 4.78 is 29.5. The molecule has 0 saturated heterocycles. The van der Waals surface area contributed by atoms with E-state index in [4.69, 9.17) is 0 Å². The smallest absolute Gasteiger partial charge is 0.270 e. The Balaban J connectivity index is 1.73. The topological polar surface area (TPSA) is 74.8 Å². The molecule has 6 nitrogen and oxygen atoms in total. The van der Waals surface area contributed by atoms with Crippen LogP contribution in [0, 0.1) is 13.8 Å². The van der Waals surface area contributed by atoms with E-state index < -0.39 is 27.3 Å². The molecule has 7 heteroatoms. The highest BCUT2D eigenvalue weighted by Gasteiger charge is 2.61. The fourth-order valence-electron chi connectivity index (χ4n) is 5.99. The van der Waals surface area contributed by atoms with Gasteiger partial charge in [-0.3, -0.25) is 9.59 Å². The Bertz CT molecular complexity index is 1800. The van der Waals surface area contributed by atoms with E-state index in [0.717, 1.165) is 15.4 Å². The molecule has 6 rings (SSSR count).